The van der Waals surface area contributed by atoms with Crippen molar-refractivity contribution in [1.82, 2.24) is 9.80 Å². The molecule has 0 aromatic rings. The van der Waals surface area contributed by atoms with Crippen molar-refractivity contribution in [2.24, 2.45) is 33.5 Å². The smallest absolute Gasteiger partial charge is 0.309 e. The Kier molecular flexibility index (Phi) is 16.5. The minimum Gasteiger partial charge on any atom is -0.465 e. The molecule has 0 heterocycles. The lowest BCUT2D eigenvalue weighted by molar-refractivity contribution is -0.155. The highest BCUT2D eigenvalue weighted by atomic mass is 16.5. The number of nitrogens with zero attached hydrogens (tertiary/aromatic N) is 2. The van der Waals surface area contributed by atoms with E-state index in [1.807, 2.05) is 33.1 Å². The van der Waals surface area contributed by atoms with E-state index in [4.69, 9.17) is 9.47 Å². The van der Waals surface area contributed by atoms with Crippen molar-refractivity contribution < 1.29 is 19.1 Å². The van der Waals surface area contributed by atoms with Gasteiger partial charge in [-0.2, -0.15) is 0 Å². The quantitative estimate of drug-likeness (QED) is 0.218. The average Bonchev–Trinajstić information content (AvgIpc) is 2.64. The Morgan fingerprint density at radius 3 is 1.16 bits per heavy atom. The largest absolute Gasteiger partial charge is 0.465 e. The van der Waals surface area contributed by atoms with Gasteiger partial charge in [-0.3, -0.25) is 9.59 Å². The monoisotopic (exact) mass is 528 g/mol. The van der Waals surface area contributed by atoms with Crippen LogP contribution in [-0.2, 0) is 19.1 Å². The van der Waals surface area contributed by atoms with Crippen LogP contribution in [0.3, 0.4) is 0 Å². The summed E-state index contributed by atoms with van der Waals surface area (Å²) in [5.74, 6) is -0.174. The van der Waals surface area contributed by atoms with Gasteiger partial charge in [0.25, 0.3) is 0 Å². The number of hydrogen-bond donors (Lipinski definition) is 0. The fourth-order valence-corrected chi connectivity index (χ4v) is 3.79. The zero-order valence-corrected chi connectivity index (χ0v) is 27.6. The summed E-state index contributed by atoms with van der Waals surface area (Å²) in [6.45, 7) is 28.4. The van der Waals surface area contributed by atoms with E-state index in [1.165, 1.54) is 0 Å². The Balaban J connectivity index is 0. The molecule has 0 aliphatic rings. The molecule has 0 radical (unpaired) electrons. The van der Waals surface area contributed by atoms with Gasteiger partial charge in [0.15, 0.2) is 0 Å². The van der Waals surface area contributed by atoms with Gasteiger partial charge in [-0.15, -0.1) is 0 Å². The van der Waals surface area contributed by atoms with Gasteiger partial charge in [0, 0.05) is 13.1 Å². The predicted molar refractivity (Wildman–Crippen MR) is 158 cm³/mol. The van der Waals surface area contributed by atoms with Crippen molar-refractivity contribution in [3.63, 3.8) is 0 Å². The molecule has 0 rings (SSSR count). The fourth-order valence-electron chi connectivity index (χ4n) is 3.79. The number of carbonyl (C=O) groups is 2. The number of esters is 2. The van der Waals surface area contributed by atoms with Crippen LogP contribution in [0.2, 0.25) is 0 Å². The van der Waals surface area contributed by atoms with Crippen molar-refractivity contribution in [3.8, 4) is 0 Å². The molecule has 0 N–H and O–H groups in total. The molecule has 0 aromatic carbocycles. The molecule has 6 nitrogen and oxygen atoms in total. The summed E-state index contributed by atoms with van der Waals surface area (Å²) >= 11 is 0. The van der Waals surface area contributed by atoms with Crippen LogP contribution >= 0.6 is 0 Å². The van der Waals surface area contributed by atoms with Gasteiger partial charge < -0.3 is 19.3 Å². The van der Waals surface area contributed by atoms with E-state index in [1.54, 1.807) is 0 Å². The molecule has 6 heteroatoms. The number of rotatable bonds is 11. The highest BCUT2D eigenvalue weighted by Crippen LogP contribution is 2.37. The summed E-state index contributed by atoms with van der Waals surface area (Å²) in [5, 5.41) is 0. The Bertz CT molecular complexity index is 644. The lowest BCUT2D eigenvalue weighted by atomic mass is 9.72. The van der Waals surface area contributed by atoms with Crippen molar-refractivity contribution in [1.29, 1.82) is 0 Å². The predicted octanol–water partition coefficient (Wildman–Crippen LogP) is 6.77. The molecule has 0 aromatic heterocycles. The van der Waals surface area contributed by atoms with E-state index < -0.39 is 0 Å². The molecule has 2 atom stereocenters. The van der Waals surface area contributed by atoms with E-state index in [9.17, 15) is 9.59 Å². The highest BCUT2D eigenvalue weighted by molar-refractivity contribution is 5.73. The third kappa shape index (κ3) is 21.5. The molecule has 0 saturated carbocycles. The Labute approximate surface area is 231 Å². The summed E-state index contributed by atoms with van der Waals surface area (Å²) in [6, 6.07) is 0. The third-order valence-corrected chi connectivity index (χ3v) is 6.07. The van der Waals surface area contributed by atoms with Gasteiger partial charge in [0.05, 0.1) is 18.4 Å². The first-order chi connectivity index (χ1) is 16.4. The summed E-state index contributed by atoms with van der Waals surface area (Å²) < 4.78 is 10.9. The van der Waals surface area contributed by atoms with Crippen molar-refractivity contribution in [3.05, 3.63) is 0 Å². The molecule has 37 heavy (non-hydrogen) atoms. The first-order valence-electron chi connectivity index (χ1n) is 14.0. The molecule has 0 aliphatic heterocycles. The fraction of sp³-hybridized carbons (Fsp3) is 0.935. The molecule has 0 aliphatic carbocycles. The second kappa shape index (κ2) is 16.1. The van der Waals surface area contributed by atoms with Crippen LogP contribution < -0.4 is 0 Å². The zero-order valence-electron chi connectivity index (χ0n) is 27.6. The first-order valence-corrected chi connectivity index (χ1v) is 14.0. The van der Waals surface area contributed by atoms with Gasteiger partial charge in [-0.05, 0) is 69.1 Å². The normalized spacial score (nSPS) is 14.6. The minimum atomic E-state index is -0.0562. The number of likely N-dealkylation sites (N-methyl/N-ethyl adjacent to an activating group) is 1. The number of carbonyl (C=O) groups excluding carboxylic acids is 2. The lowest BCUT2D eigenvalue weighted by Gasteiger charge is -2.33. The summed E-state index contributed by atoms with van der Waals surface area (Å²) in [4.78, 5) is 28.6. The van der Waals surface area contributed by atoms with Crippen LogP contribution in [0.25, 0.3) is 0 Å². The van der Waals surface area contributed by atoms with Crippen LogP contribution in [-0.4, -0.2) is 76.2 Å². The zero-order chi connectivity index (χ0) is 29.8. The summed E-state index contributed by atoms with van der Waals surface area (Å²) in [6.07, 6.45) is 2.62. The average molecular weight is 529 g/mol. The maximum Gasteiger partial charge on any atom is 0.309 e. The first kappa shape index (κ1) is 38.0. The van der Waals surface area contributed by atoms with Gasteiger partial charge in [0.1, 0.15) is 6.61 Å². The van der Waals surface area contributed by atoms with Gasteiger partial charge in [-0.1, -0.05) is 83.1 Å². The topological polar surface area (TPSA) is 59.1 Å². The number of ether oxygens (including phenoxy) is 2. The van der Waals surface area contributed by atoms with E-state index in [2.05, 4.69) is 88.0 Å². The maximum absolute atomic E-state index is 12.3. The number of hydrogen-bond acceptors (Lipinski definition) is 6. The molecule has 0 bridgehead atoms. The second-order valence-corrected chi connectivity index (χ2v) is 15.7. The van der Waals surface area contributed by atoms with E-state index in [0.29, 0.717) is 13.2 Å². The molecule has 2 unspecified atom stereocenters. The Morgan fingerprint density at radius 2 is 0.892 bits per heavy atom. The van der Waals surface area contributed by atoms with Crippen LogP contribution in [0.15, 0.2) is 0 Å². The van der Waals surface area contributed by atoms with Crippen LogP contribution in [0.1, 0.15) is 102 Å². The molecular formula is C31H64N2O4. The molecular weight excluding hydrogens is 464 g/mol. The maximum atomic E-state index is 12.3. The van der Waals surface area contributed by atoms with Crippen molar-refractivity contribution in [2.75, 3.05) is 54.5 Å². The second-order valence-electron chi connectivity index (χ2n) is 15.7. The highest BCUT2D eigenvalue weighted by Gasteiger charge is 2.36. The van der Waals surface area contributed by atoms with E-state index >= 15 is 0 Å². The van der Waals surface area contributed by atoms with E-state index in [0.717, 1.165) is 32.4 Å². The Morgan fingerprint density at radius 1 is 0.568 bits per heavy atom. The third-order valence-electron chi connectivity index (χ3n) is 6.07. The van der Waals surface area contributed by atoms with Crippen LogP contribution in [0.5, 0.6) is 0 Å². The van der Waals surface area contributed by atoms with Crippen LogP contribution in [0.4, 0.5) is 0 Å². The van der Waals surface area contributed by atoms with Gasteiger partial charge >= 0.3 is 11.9 Å². The molecule has 0 saturated heterocycles. The van der Waals surface area contributed by atoms with Gasteiger partial charge in [-0.25, -0.2) is 0 Å². The van der Waals surface area contributed by atoms with Crippen LogP contribution in [0, 0.1) is 33.5 Å². The summed E-state index contributed by atoms with van der Waals surface area (Å²) in [7, 11) is 8.01. The minimum absolute atomic E-state index is 0.0353. The molecule has 222 valence electrons. The van der Waals surface area contributed by atoms with Gasteiger partial charge in [0.2, 0.25) is 0 Å². The Hall–Kier alpha value is -1.14. The SMILES string of the molecule is CN(C)CCCOC(=O)C(CC(C)(C)C)C(C)(C)C.CN(C)CCOC(=O)C(CC(C)(C)C)C(C)(C)C. The molecule has 0 fully saturated rings. The van der Waals surface area contributed by atoms with E-state index in [-0.39, 0.29) is 45.4 Å². The van der Waals surface area contributed by atoms with Crippen molar-refractivity contribution in [2.45, 2.75) is 102 Å². The molecule has 0 spiro atoms. The van der Waals surface area contributed by atoms with Crippen molar-refractivity contribution >= 4 is 11.9 Å². The standard InChI is InChI=1S/C16H33NO2.C15H31NO2/c1-15(2,3)12-13(16(4,5)6)14(18)19-11-9-10-17(7)8;1-14(2,3)11-12(15(4,5)6)13(17)18-10-9-16(7)8/h13H,9-12H2,1-8H3;12H,9-11H2,1-8H3. The summed E-state index contributed by atoms with van der Waals surface area (Å²) in [5.41, 5.74) is 0.174. The lowest BCUT2D eigenvalue weighted by Crippen LogP contribution is -2.34. The molecule has 0 amide bonds.